The lowest BCUT2D eigenvalue weighted by atomic mass is 10.2. The van der Waals surface area contributed by atoms with Crippen molar-refractivity contribution in [3.8, 4) is 5.75 Å². The monoisotopic (exact) mass is 343 g/mol. The predicted octanol–water partition coefficient (Wildman–Crippen LogP) is 1.62. The summed E-state index contributed by atoms with van der Waals surface area (Å²) in [6, 6.07) is 6.30. The Morgan fingerprint density at radius 1 is 1.45 bits per heavy atom. The highest BCUT2D eigenvalue weighted by molar-refractivity contribution is 7.99. The zero-order valence-electron chi connectivity index (χ0n) is 10.8. The number of nitrogens with one attached hydrogen (secondary N) is 1. The number of nitrogens with zero attached hydrogens (tertiary/aromatic N) is 3. The van der Waals surface area contributed by atoms with Crippen molar-refractivity contribution >= 4 is 34.5 Å². The van der Waals surface area contributed by atoms with Crippen molar-refractivity contribution in [1.29, 1.82) is 0 Å². The summed E-state index contributed by atoms with van der Waals surface area (Å²) in [6.07, 6.45) is -0.771. The van der Waals surface area contributed by atoms with Gasteiger partial charge in [0.15, 0.2) is 4.34 Å². The van der Waals surface area contributed by atoms with Crippen LogP contribution in [0.4, 0.5) is 9.93 Å². The summed E-state index contributed by atoms with van der Waals surface area (Å²) in [5.74, 6) is 0.152. The Morgan fingerprint density at radius 3 is 2.91 bits per heavy atom. The van der Waals surface area contributed by atoms with Crippen LogP contribution in [0.25, 0.3) is 0 Å². The summed E-state index contributed by atoms with van der Waals surface area (Å²) in [7, 11) is 0. The molecule has 0 aliphatic rings. The number of rotatable bonds is 6. The number of hydrogen-bond acceptors (Lipinski definition) is 10. The maximum Gasteiger partial charge on any atom is 0.423 e. The van der Waals surface area contributed by atoms with E-state index in [0.717, 1.165) is 23.3 Å². The quantitative estimate of drug-likeness (QED) is 0.454. The van der Waals surface area contributed by atoms with Crippen LogP contribution >= 0.6 is 23.3 Å². The van der Waals surface area contributed by atoms with Crippen molar-refractivity contribution in [2.24, 2.45) is 0 Å². The highest BCUT2D eigenvalue weighted by Gasteiger charge is 2.11. The molecule has 1 heterocycles. The largest absolute Gasteiger partial charge is 0.423 e. The van der Waals surface area contributed by atoms with Crippen LogP contribution in [0, 0.1) is 10.1 Å². The second kappa shape index (κ2) is 7.42. The number of carbonyl (C=O) groups excluding carboxylic acids is 1. The summed E-state index contributed by atoms with van der Waals surface area (Å²) in [6.45, 7) is -0.323. The van der Waals surface area contributed by atoms with Gasteiger partial charge in [-0.25, -0.2) is 4.79 Å². The average molecular weight is 343 g/mol. The zero-order chi connectivity index (χ0) is 15.9. The number of nitrogens with two attached hydrogens (primary N) is 1. The van der Waals surface area contributed by atoms with E-state index in [1.807, 2.05) is 0 Å². The van der Waals surface area contributed by atoms with Gasteiger partial charge in [0, 0.05) is 17.5 Å². The van der Waals surface area contributed by atoms with Gasteiger partial charge in [-0.1, -0.05) is 29.5 Å². The van der Waals surface area contributed by atoms with Crippen molar-refractivity contribution in [1.82, 2.24) is 14.9 Å². The normalized spacial score (nSPS) is 10.0. The summed E-state index contributed by atoms with van der Waals surface area (Å²) in [5, 5.41) is 16.8. The van der Waals surface area contributed by atoms with Crippen molar-refractivity contribution in [3.05, 3.63) is 39.9 Å². The molecule has 0 aliphatic heterocycles. The van der Waals surface area contributed by atoms with Gasteiger partial charge in [-0.05, 0) is 6.07 Å². The maximum absolute atomic E-state index is 11.7. The van der Waals surface area contributed by atoms with Crippen molar-refractivity contribution in [2.75, 3.05) is 5.73 Å². The minimum Gasteiger partial charge on any atom is -0.409 e. The molecule has 2 rings (SSSR count). The molecule has 10 nitrogen and oxygen atoms in total. The van der Waals surface area contributed by atoms with Gasteiger partial charge in [0.1, 0.15) is 12.4 Å². The predicted molar refractivity (Wildman–Crippen MR) is 77.6 cm³/mol. The Bertz CT molecular complexity index is 679. The van der Waals surface area contributed by atoms with Gasteiger partial charge in [0.25, 0.3) is 5.09 Å². The van der Waals surface area contributed by atoms with Gasteiger partial charge < -0.3 is 15.3 Å². The first-order chi connectivity index (χ1) is 10.5. The molecule has 0 fully saturated rings. The molecule has 0 unspecified atom stereocenters. The molecule has 3 N–H and O–H groups in total. The van der Waals surface area contributed by atoms with Crippen LogP contribution in [0.5, 0.6) is 5.75 Å². The van der Waals surface area contributed by atoms with E-state index in [-0.39, 0.29) is 17.5 Å². The molecule has 0 radical (unpaired) electrons. The van der Waals surface area contributed by atoms with Crippen LogP contribution in [-0.4, -0.2) is 21.4 Å². The second-order valence-corrected chi connectivity index (χ2v) is 5.67. The molecule has 0 aliphatic carbocycles. The number of hydrogen-bond donors (Lipinski definition) is 2. The summed E-state index contributed by atoms with van der Waals surface area (Å²) in [5.41, 5.74) is 5.77. The van der Waals surface area contributed by atoms with Gasteiger partial charge in [0.2, 0.25) is 5.13 Å². The topological polar surface area (TPSA) is 143 Å². The number of carbonyl (C=O) groups is 1. The molecule has 0 saturated carbocycles. The third-order valence-corrected chi connectivity index (χ3v) is 3.72. The first-order valence-electron chi connectivity index (χ1n) is 5.63. The molecule has 0 spiro atoms. The smallest absolute Gasteiger partial charge is 0.409 e. The molecule has 0 saturated heterocycles. The van der Waals surface area contributed by atoms with E-state index >= 15 is 0 Å². The Kier molecular flexibility index (Phi) is 5.32. The molecule has 1 aromatic heterocycles. The Hall–Kier alpha value is -2.60. The molecular formula is C10H9N5O5S2. The molecule has 2 aromatic rings. The van der Waals surface area contributed by atoms with Gasteiger partial charge in [0.05, 0.1) is 0 Å². The van der Waals surface area contributed by atoms with Crippen molar-refractivity contribution < 1.29 is 19.5 Å². The minimum absolute atomic E-state index is 0.152. The highest BCUT2D eigenvalue weighted by atomic mass is 32.2. The number of amides is 1. The molecule has 0 bridgehead atoms. The SMILES string of the molecule is Nc1nnc(SNC(=O)Oc2ccccc2CO[N+](=O)[O-])s1. The molecule has 1 amide bonds. The lowest BCUT2D eigenvalue weighted by Gasteiger charge is -2.09. The maximum atomic E-state index is 11.7. The van der Waals surface area contributed by atoms with Crippen molar-refractivity contribution in [2.45, 2.75) is 10.9 Å². The third-order valence-electron chi connectivity index (χ3n) is 2.14. The number of anilines is 1. The number of para-hydroxylation sites is 1. The fourth-order valence-corrected chi connectivity index (χ4v) is 2.50. The van der Waals surface area contributed by atoms with E-state index in [2.05, 4.69) is 19.8 Å². The fourth-order valence-electron chi connectivity index (χ4n) is 1.31. The molecule has 12 heteroatoms. The minimum atomic E-state index is -0.924. The van der Waals surface area contributed by atoms with Gasteiger partial charge in [-0.15, -0.1) is 20.3 Å². The average Bonchev–Trinajstić information content (AvgIpc) is 2.90. The van der Waals surface area contributed by atoms with Crippen LogP contribution in [0.1, 0.15) is 5.56 Å². The van der Waals surface area contributed by atoms with Crippen molar-refractivity contribution in [3.63, 3.8) is 0 Å². The van der Waals surface area contributed by atoms with E-state index < -0.39 is 11.2 Å². The summed E-state index contributed by atoms with van der Waals surface area (Å²) in [4.78, 5) is 26.1. The molecule has 0 atom stereocenters. The first kappa shape index (κ1) is 15.8. The van der Waals surface area contributed by atoms with Crippen LogP contribution < -0.4 is 15.2 Å². The molecule has 116 valence electrons. The van der Waals surface area contributed by atoms with Gasteiger partial charge in [-0.2, -0.15) is 0 Å². The standard InChI is InChI=1S/C10H9N5O5S2/c11-8-12-13-10(21-8)22-14-9(16)20-7-4-2-1-3-6(7)5-19-15(17)18/h1-4H,5H2,(H2,11,12)(H,14,16). The van der Waals surface area contributed by atoms with E-state index in [1.165, 1.54) is 6.07 Å². The Balaban J connectivity index is 1.91. The zero-order valence-corrected chi connectivity index (χ0v) is 12.4. The van der Waals surface area contributed by atoms with Crippen LogP contribution in [-0.2, 0) is 11.4 Å². The van der Waals surface area contributed by atoms with Crippen LogP contribution in [0.3, 0.4) is 0 Å². The highest BCUT2D eigenvalue weighted by Crippen LogP contribution is 2.22. The summed E-state index contributed by atoms with van der Waals surface area (Å²) < 4.78 is 7.89. The molecular weight excluding hydrogens is 334 g/mol. The third kappa shape index (κ3) is 4.75. The van der Waals surface area contributed by atoms with Crippen LogP contribution in [0.2, 0.25) is 0 Å². The number of nitrogen functional groups attached to an aromatic ring is 1. The van der Waals surface area contributed by atoms with Crippen LogP contribution in [0.15, 0.2) is 28.6 Å². The van der Waals surface area contributed by atoms with E-state index in [9.17, 15) is 14.9 Å². The van der Waals surface area contributed by atoms with E-state index in [4.69, 9.17) is 10.5 Å². The number of benzene rings is 1. The lowest BCUT2D eigenvalue weighted by molar-refractivity contribution is -0.763. The molecule has 22 heavy (non-hydrogen) atoms. The lowest BCUT2D eigenvalue weighted by Crippen LogP contribution is -2.21. The van der Waals surface area contributed by atoms with Gasteiger partial charge >= 0.3 is 6.09 Å². The van der Waals surface area contributed by atoms with E-state index in [0.29, 0.717) is 9.90 Å². The second-order valence-electron chi connectivity index (χ2n) is 3.60. The number of ether oxygens (including phenoxy) is 1. The Morgan fingerprint density at radius 2 is 2.23 bits per heavy atom. The number of aromatic nitrogens is 2. The summed E-state index contributed by atoms with van der Waals surface area (Å²) >= 11 is 2.00. The van der Waals surface area contributed by atoms with Gasteiger partial charge in [-0.3, -0.25) is 4.72 Å². The first-order valence-corrected chi connectivity index (χ1v) is 7.27. The molecule has 1 aromatic carbocycles. The van der Waals surface area contributed by atoms with E-state index in [1.54, 1.807) is 18.2 Å². The Labute approximate surface area is 131 Å². The fraction of sp³-hybridized carbons (Fsp3) is 0.100.